The molecule has 0 aliphatic rings. The third-order valence-corrected chi connectivity index (χ3v) is 3.51. The van der Waals surface area contributed by atoms with Crippen LogP contribution in [0.4, 0.5) is 0 Å². The van der Waals surface area contributed by atoms with Crippen molar-refractivity contribution in [3.05, 3.63) is 40.2 Å². The van der Waals surface area contributed by atoms with Gasteiger partial charge in [0.25, 0.3) is 5.91 Å². The van der Waals surface area contributed by atoms with Gasteiger partial charge in [-0.3, -0.25) is 9.59 Å². The predicted octanol–water partition coefficient (Wildman–Crippen LogP) is 1.70. The average Bonchev–Trinajstić information content (AvgIpc) is 2.51. The van der Waals surface area contributed by atoms with E-state index < -0.39 is 5.91 Å². The minimum absolute atomic E-state index is 0.108. The number of methoxy groups -OCH3 is 1. The van der Waals surface area contributed by atoms with Gasteiger partial charge in [-0.15, -0.1) is 0 Å². The fourth-order valence-corrected chi connectivity index (χ4v) is 2.48. The number of carbonyl (C=O) groups is 1. The van der Waals surface area contributed by atoms with E-state index in [9.17, 15) is 9.59 Å². The molecule has 0 radical (unpaired) electrons. The third-order valence-electron chi connectivity index (χ3n) is 3.51. The topological polar surface area (TPSA) is 69.6 Å². The van der Waals surface area contributed by atoms with Crippen molar-refractivity contribution in [2.24, 2.45) is 7.05 Å². The minimum Gasteiger partial charge on any atom is -0.494 e. The van der Waals surface area contributed by atoms with Crippen molar-refractivity contribution >= 4 is 16.8 Å². The number of amides is 1. The van der Waals surface area contributed by atoms with Gasteiger partial charge in [-0.2, -0.15) is 0 Å². The zero-order valence-electron chi connectivity index (χ0n) is 13.9. The summed E-state index contributed by atoms with van der Waals surface area (Å²) in [5, 5.41) is 3.22. The lowest BCUT2D eigenvalue weighted by Gasteiger charge is -2.14. The lowest BCUT2D eigenvalue weighted by Crippen LogP contribution is -2.38. The molecule has 23 heavy (non-hydrogen) atoms. The maximum atomic E-state index is 12.7. The van der Waals surface area contributed by atoms with Crippen molar-refractivity contribution in [1.82, 2.24) is 9.88 Å². The Morgan fingerprint density at radius 3 is 2.78 bits per heavy atom. The van der Waals surface area contributed by atoms with Crippen molar-refractivity contribution in [2.45, 2.75) is 19.9 Å². The molecule has 1 heterocycles. The number of nitrogens with one attached hydrogen (secondary N) is 1. The number of aromatic nitrogens is 1. The summed E-state index contributed by atoms with van der Waals surface area (Å²) in [6, 6.07) is 5.13. The maximum absolute atomic E-state index is 12.7. The molecule has 0 bridgehead atoms. The number of aryl methyl sites for hydroxylation is 1. The second kappa shape index (κ2) is 7.28. The molecule has 0 saturated carbocycles. The molecular formula is C17H22N2O4. The number of nitrogens with zero attached hydrogens (tertiary/aromatic N) is 1. The zero-order valence-corrected chi connectivity index (χ0v) is 13.9. The Morgan fingerprint density at radius 1 is 1.39 bits per heavy atom. The molecule has 0 fully saturated rings. The van der Waals surface area contributed by atoms with Crippen LogP contribution in [0, 0.1) is 0 Å². The van der Waals surface area contributed by atoms with Crippen LogP contribution in [0.5, 0.6) is 5.75 Å². The number of benzene rings is 1. The summed E-state index contributed by atoms with van der Waals surface area (Å²) < 4.78 is 12.2. The number of rotatable bonds is 6. The third kappa shape index (κ3) is 3.71. The second-order valence-corrected chi connectivity index (χ2v) is 5.42. The van der Waals surface area contributed by atoms with Crippen LogP contribution in [0.2, 0.25) is 0 Å². The fourth-order valence-electron chi connectivity index (χ4n) is 2.48. The predicted molar refractivity (Wildman–Crippen MR) is 89.2 cm³/mol. The summed E-state index contributed by atoms with van der Waals surface area (Å²) in [6.45, 7) is 4.60. The van der Waals surface area contributed by atoms with Crippen LogP contribution < -0.4 is 15.5 Å². The lowest BCUT2D eigenvalue weighted by molar-refractivity contribution is 0.0904. The highest BCUT2D eigenvalue weighted by molar-refractivity contribution is 5.97. The number of pyridine rings is 1. The van der Waals surface area contributed by atoms with Gasteiger partial charge in [-0.25, -0.2) is 0 Å². The van der Waals surface area contributed by atoms with Crippen molar-refractivity contribution in [3.63, 3.8) is 0 Å². The highest BCUT2D eigenvalue weighted by atomic mass is 16.5. The molecule has 1 aromatic heterocycles. The maximum Gasteiger partial charge on any atom is 0.257 e. The van der Waals surface area contributed by atoms with E-state index in [-0.39, 0.29) is 17.0 Å². The molecule has 124 valence electrons. The van der Waals surface area contributed by atoms with Crippen LogP contribution in [0.15, 0.2) is 29.2 Å². The van der Waals surface area contributed by atoms with Gasteiger partial charge in [0, 0.05) is 26.4 Å². The van der Waals surface area contributed by atoms with E-state index in [1.807, 2.05) is 26.0 Å². The molecule has 1 aromatic carbocycles. The quantitative estimate of drug-likeness (QED) is 0.880. The molecule has 0 spiro atoms. The minimum atomic E-state index is -0.404. The van der Waals surface area contributed by atoms with Crippen LogP contribution in [0.25, 0.3) is 10.9 Å². The highest BCUT2D eigenvalue weighted by Crippen LogP contribution is 2.18. The molecule has 0 aliphatic carbocycles. The number of carbonyl (C=O) groups excluding carboxylic acids is 1. The Labute approximate surface area is 135 Å². The van der Waals surface area contributed by atoms with Gasteiger partial charge >= 0.3 is 0 Å². The smallest absolute Gasteiger partial charge is 0.257 e. The molecule has 6 heteroatoms. The van der Waals surface area contributed by atoms with Gasteiger partial charge in [-0.05, 0) is 32.0 Å². The van der Waals surface area contributed by atoms with Gasteiger partial charge in [-0.1, -0.05) is 0 Å². The summed E-state index contributed by atoms with van der Waals surface area (Å²) >= 11 is 0. The Balaban J connectivity index is 2.46. The number of hydrogen-bond acceptors (Lipinski definition) is 4. The molecule has 0 aliphatic heterocycles. The lowest BCUT2D eigenvalue weighted by atomic mass is 10.1. The Bertz CT molecular complexity index is 767. The molecule has 1 atom stereocenters. The van der Waals surface area contributed by atoms with Gasteiger partial charge in [0.2, 0.25) is 5.43 Å². The van der Waals surface area contributed by atoms with E-state index in [2.05, 4.69) is 5.32 Å². The van der Waals surface area contributed by atoms with Gasteiger partial charge in [0.15, 0.2) is 0 Å². The summed E-state index contributed by atoms with van der Waals surface area (Å²) in [7, 11) is 3.37. The summed E-state index contributed by atoms with van der Waals surface area (Å²) in [6.07, 6.45) is 1.56. The number of fused-ring (bicyclic) bond motifs is 1. The van der Waals surface area contributed by atoms with E-state index >= 15 is 0 Å². The van der Waals surface area contributed by atoms with E-state index in [1.54, 1.807) is 31.0 Å². The second-order valence-electron chi connectivity index (χ2n) is 5.42. The molecule has 1 amide bonds. The largest absolute Gasteiger partial charge is 0.494 e. The first-order valence-corrected chi connectivity index (χ1v) is 7.54. The molecule has 2 aromatic rings. The fraction of sp³-hybridized carbons (Fsp3) is 0.412. The van der Waals surface area contributed by atoms with Crippen LogP contribution in [-0.4, -0.2) is 36.8 Å². The van der Waals surface area contributed by atoms with Crippen LogP contribution >= 0.6 is 0 Å². The highest BCUT2D eigenvalue weighted by Gasteiger charge is 2.16. The van der Waals surface area contributed by atoms with E-state index in [1.165, 1.54) is 0 Å². The molecule has 0 unspecified atom stereocenters. The number of hydrogen-bond donors (Lipinski definition) is 1. The summed E-state index contributed by atoms with van der Waals surface area (Å²) in [5.74, 6) is 0.210. The molecule has 0 saturated heterocycles. The van der Waals surface area contributed by atoms with Gasteiger partial charge in [0.1, 0.15) is 11.3 Å². The zero-order chi connectivity index (χ0) is 17.0. The van der Waals surface area contributed by atoms with E-state index in [0.717, 1.165) is 5.52 Å². The Morgan fingerprint density at radius 2 is 2.13 bits per heavy atom. The molecule has 6 nitrogen and oxygen atoms in total. The first-order valence-electron chi connectivity index (χ1n) is 7.54. The monoisotopic (exact) mass is 318 g/mol. The van der Waals surface area contributed by atoms with Crippen molar-refractivity contribution in [1.29, 1.82) is 0 Å². The first-order chi connectivity index (χ1) is 11.0. The van der Waals surface area contributed by atoms with Gasteiger partial charge in [0.05, 0.1) is 24.1 Å². The van der Waals surface area contributed by atoms with E-state index in [4.69, 9.17) is 9.47 Å². The average molecular weight is 318 g/mol. The summed E-state index contributed by atoms with van der Waals surface area (Å²) in [5.41, 5.74) is 0.554. The standard InChI is InChI=1S/C17H22N2O4/c1-5-23-12-6-7-15-13(8-12)16(20)14(9-19(15)3)17(21)18-11(2)10-22-4/h6-9,11H,5,10H2,1-4H3,(H,18,21)/t11-/m1/s1. The molecule has 2 rings (SSSR count). The first kappa shape index (κ1) is 17.0. The van der Waals surface area contributed by atoms with Crippen LogP contribution in [0.3, 0.4) is 0 Å². The Hall–Kier alpha value is -2.34. The molecular weight excluding hydrogens is 296 g/mol. The Kier molecular flexibility index (Phi) is 5.39. The SMILES string of the molecule is CCOc1ccc2c(c1)c(=O)c(C(=O)N[C@H](C)COC)cn2C. The van der Waals surface area contributed by atoms with Crippen molar-refractivity contribution in [3.8, 4) is 5.75 Å². The summed E-state index contributed by atoms with van der Waals surface area (Å²) in [4.78, 5) is 25.0. The van der Waals surface area contributed by atoms with E-state index in [0.29, 0.717) is 24.3 Å². The number of ether oxygens (including phenoxy) is 2. The van der Waals surface area contributed by atoms with Gasteiger partial charge < -0.3 is 19.4 Å². The normalized spacial score (nSPS) is 12.2. The van der Waals surface area contributed by atoms with Crippen LogP contribution in [-0.2, 0) is 11.8 Å². The molecule has 1 N–H and O–H groups in total. The van der Waals surface area contributed by atoms with Crippen LogP contribution in [0.1, 0.15) is 24.2 Å². The van der Waals surface area contributed by atoms with Crippen molar-refractivity contribution in [2.75, 3.05) is 20.3 Å². The van der Waals surface area contributed by atoms with Crippen molar-refractivity contribution < 1.29 is 14.3 Å².